The Labute approximate surface area is 122 Å². The van der Waals surface area contributed by atoms with Crippen LogP contribution in [-0.4, -0.2) is 29.2 Å². The Kier molecular flexibility index (Phi) is 5.44. The van der Waals surface area contributed by atoms with E-state index in [1.807, 2.05) is 26.0 Å². The Morgan fingerprint density at radius 1 is 1.40 bits per heavy atom. The quantitative estimate of drug-likeness (QED) is 0.894. The molecule has 1 aromatic carbocycles. The first-order chi connectivity index (χ1) is 9.61. The standard InChI is InChI=1S/C17H27NO2/c1-4-20-17-9-8-15(14(3)19)11-16(17)12-18-10-6-5-7-13(18)2/h8-9,11,13-14,19H,4-7,10,12H2,1-3H3. The van der Waals surface area contributed by atoms with Gasteiger partial charge in [-0.05, 0) is 57.9 Å². The normalized spacial score (nSPS) is 21.7. The lowest BCUT2D eigenvalue weighted by atomic mass is 10.0. The van der Waals surface area contributed by atoms with Crippen molar-refractivity contribution in [3.63, 3.8) is 0 Å². The Morgan fingerprint density at radius 2 is 2.20 bits per heavy atom. The molecule has 20 heavy (non-hydrogen) atoms. The van der Waals surface area contributed by atoms with E-state index in [2.05, 4.69) is 17.9 Å². The van der Waals surface area contributed by atoms with E-state index >= 15 is 0 Å². The molecule has 1 aliphatic rings. The van der Waals surface area contributed by atoms with E-state index in [0.717, 1.165) is 24.4 Å². The Hall–Kier alpha value is -1.06. The number of hydrogen-bond acceptors (Lipinski definition) is 3. The van der Waals surface area contributed by atoms with Crippen molar-refractivity contribution >= 4 is 0 Å². The second-order valence-corrected chi connectivity index (χ2v) is 5.79. The number of ether oxygens (including phenoxy) is 1. The van der Waals surface area contributed by atoms with Crippen LogP contribution in [0.25, 0.3) is 0 Å². The lowest BCUT2D eigenvalue weighted by Crippen LogP contribution is -2.36. The summed E-state index contributed by atoms with van der Waals surface area (Å²) < 4.78 is 5.74. The van der Waals surface area contributed by atoms with Gasteiger partial charge in [-0.15, -0.1) is 0 Å². The highest BCUT2D eigenvalue weighted by molar-refractivity contribution is 5.38. The number of likely N-dealkylation sites (tertiary alicyclic amines) is 1. The van der Waals surface area contributed by atoms with Crippen LogP contribution in [0.1, 0.15) is 57.3 Å². The summed E-state index contributed by atoms with van der Waals surface area (Å²) in [4.78, 5) is 2.52. The van der Waals surface area contributed by atoms with E-state index in [4.69, 9.17) is 4.74 Å². The molecule has 0 spiro atoms. The second kappa shape index (κ2) is 7.09. The molecule has 0 aliphatic carbocycles. The number of nitrogens with zero attached hydrogens (tertiary/aromatic N) is 1. The molecule has 1 aromatic rings. The van der Waals surface area contributed by atoms with Gasteiger partial charge in [-0.1, -0.05) is 12.5 Å². The van der Waals surface area contributed by atoms with Crippen LogP contribution >= 0.6 is 0 Å². The van der Waals surface area contributed by atoms with E-state index in [-0.39, 0.29) is 0 Å². The molecule has 0 radical (unpaired) electrons. The molecule has 0 saturated carbocycles. The zero-order chi connectivity index (χ0) is 14.5. The summed E-state index contributed by atoms with van der Waals surface area (Å²) in [6, 6.07) is 6.68. The molecule has 2 atom stereocenters. The average Bonchev–Trinajstić information content (AvgIpc) is 2.43. The Morgan fingerprint density at radius 3 is 2.85 bits per heavy atom. The van der Waals surface area contributed by atoms with Crippen molar-refractivity contribution in [3.8, 4) is 5.75 Å². The van der Waals surface area contributed by atoms with Crippen molar-refractivity contribution in [3.05, 3.63) is 29.3 Å². The van der Waals surface area contributed by atoms with Gasteiger partial charge in [0, 0.05) is 18.2 Å². The molecule has 3 heteroatoms. The second-order valence-electron chi connectivity index (χ2n) is 5.79. The average molecular weight is 277 g/mol. The summed E-state index contributed by atoms with van der Waals surface area (Å²) in [6.45, 7) is 8.87. The molecular formula is C17H27NO2. The minimum absolute atomic E-state index is 0.428. The summed E-state index contributed by atoms with van der Waals surface area (Å²) in [6.07, 6.45) is 3.47. The van der Waals surface area contributed by atoms with E-state index in [1.54, 1.807) is 0 Å². The number of piperidine rings is 1. The molecular weight excluding hydrogens is 250 g/mol. The molecule has 1 fully saturated rings. The van der Waals surface area contributed by atoms with Crippen molar-refractivity contribution in [2.24, 2.45) is 0 Å². The van der Waals surface area contributed by atoms with Crippen LogP contribution in [0.2, 0.25) is 0 Å². The van der Waals surface area contributed by atoms with Crippen LogP contribution in [0.3, 0.4) is 0 Å². The van der Waals surface area contributed by atoms with Crippen LogP contribution in [0.4, 0.5) is 0 Å². The van der Waals surface area contributed by atoms with E-state index in [0.29, 0.717) is 12.6 Å². The van der Waals surface area contributed by atoms with Gasteiger partial charge in [0.05, 0.1) is 12.7 Å². The maximum atomic E-state index is 9.77. The van der Waals surface area contributed by atoms with Crippen LogP contribution in [-0.2, 0) is 6.54 Å². The number of hydrogen-bond donors (Lipinski definition) is 1. The first-order valence-corrected chi connectivity index (χ1v) is 7.79. The highest BCUT2D eigenvalue weighted by Gasteiger charge is 2.20. The number of benzene rings is 1. The largest absolute Gasteiger partial charge is 0.494 e. The monoisotopic (exact) mass is 277 g/mol. The summed E-state index contributed by atoms with van der Waals surface area (Å²) in [5.74, 6) is 0.953. The summed E-state index contributed by atoms with van der Waals surface area (Å²) >= 11 is 0. The lowest BCUT2D eigenvalue weighted by molar-refractivity contribution is 0.150. The van der Waals surface area contributed by atoms with Crippen molar-refractivity contribution in [1.82, 2.24) is 4.90 Å². The third-order valence-corrected chi connectivity index (χ3v) is 4.18. The smallest absolute Gasteiger partial charge is 0.123 e. The van der Waals surface area contributed by atoms with Crippen molar-refractivity contribution in [2.45, 2.75) is 58.7 Å². The number of aliphatic hydroxyl groups is 1. The molecule has 1 saturated heterocycles. The fourth-order valence-electron chi connectivity index (χ4n) is 2.89. The van der Waals surface area contributed by atoms with Gasteiger partial charge < -0.3 is 9.84 Å². The predicted molar refractivity (Wildman–Crippen MR) is 82.0 cm³/mol. The van der Waals surface area contributed by atoms with Crippen LogP contribution in [0, 0.1) is 0 Å². The molecule has 2 rings (SSSR count). The molecule has 3 nitrogen and oxygen atoms in total. The van der Waals surface area contributed by atoms with Crippen LogP contribution in [0.5, 0.6) is 5.75 Å². The molecule has 0 aromatic heterocycles. The fraction of sp³-hybridized carbons (Fsp3) is 0.647. The van der Waals surface area contributed by atoms with E-state index < -0.39 is 6.10 Å². The minimum atomic E-state index is -0.428. The number of rotatable bonds is 5. The van der Waals surface area contributed by atoms with Gasteiger partial charge in [0.25, 0.3) is 0 Å². The van der Waals surface area contributed by atoms with Crippen molar-refractivity contribution in [1.29, 1.82) is 0 Å². The number of aliphatic hydroxyl groups excluding tert-OH is 1. The van der Waals surface area contributed by atoms with E-state index in [9.17, 15) is 5.11 Å². The maximum Gasteiger partial charge on any atom is 0.123 e. The first kappa shape index (κ1) is 15.3. The SMILES string of the molecule is CCOc1ccc(C(C)O)cc1CN1CCCCC1C. The summed E-state index contributed by atoms with van der Waals surface area (Å²) in [5, 5.41) is 9.77. The molecule has 1 N–H and O–H groups in total. The molecule has 112 valence electrons. The zero-order valence-corrected chi connectivity index (χ0v) is 12.9. The van der Waals surface area contributed by atoms with Crippen LogP contribution in [0.15, 0.2) is 18.2 Å². The highest BCUT2D eigenvalue weighted by Crippen LogP contribution is 2.27. The molecule has 1 heterocycles. The predicted octanol–water partition coefficient (Wildman–Crippen LogP) is 3.51. The highest BCUT2D eigenvalue weighted by atomic mass is 16.5. The molecule has 1 aliphatic heterocycles. The van der Waals surface area contributed by atoms with Gasteiger partial charge in [-0.25, -0.2) is 0 Å². The first-order valence-electron chi connectivity index (χ1n) is 7.79. The van der Waals surface area contributed by atoms with Gasteiger partial charge in [-0.3, -0.25) is 4.90 Å². The summed E-state index contributed by atoms with van der Waals surface area (Å²) in [5.41, 5.74) is 2.16. The lowest BCUT2D eigenvalue weighted by Gasteiger charge is -2.33. The van der Waals surface area contributed by atoms with Gasteiger partial charge in [-0.2, -0.15) is 0 Å². The van der Waals surface area contributed by atoms with Gasteiger partial charge in [0.15, 0.2) is 0 Å². The topological polar surface area (TPSA) is 32.7 Å². The Balaban J connectivity index is 2.20. The zero-order valence-electron chi connectivity index (χ0n) is 12.9. The van der Waals surface area contributed by atoms with E-state index in [1.165, 1.54) is 24.8 Å². The minimum Gasteiger partial charge on any atom is -0.494 e. The van der Waals surface area contributed by atoms with Gasteiger partial charge in [0.2, 0.25) is 0 Å². The molecule has 0 bridgehead atoms. The summed E-state index contributed by atoms with van der Waals surface area (Å²) in [7, 11) is 0. The Bertz CT molecular complexity index is 431. The third kappa shape index (κ3) is 3.74. The van der Waals surface area contributed by atoms with Gasteiger partial charge >= 0.3 is 0 Å². The molecule has 2 unspecified atom stereocenters. The molecule has 0 amide bonds. The van der Waals surface area contributed by atoms with Crippen molar-refractivity contribution < 1.29 is 9.84 Å². The van der Waals surface area contributed by atoms with Crippen molar-refractivity contribution in [2.75, 3.05) is 13.2 Å². The fourth-order valence-corrected chi connectivity index (χ4v) is 2.89. The maximum absolute atomic E-state index is 9.77. The third-order valence-electron chi connectivity index (χ3n) is 4.18. The van der Waals surface area contributed by atoms with Gasteiger partial charge in [0.1, 0.15) is 5.75 Å². The van der Waals surface area contributed by atoms with Crippen LogP contribution < -0.4 is 4.74 Å².